The van der Waals surface area contributed by atoms with Gasteiger partial charge in [0.05, 0.1) is 19.3 Å². The van der Waals surface area contributed by atoms with Gasteiger partial charge in [-0.15, -0.1) is 0 Å². The van der Waals surface area contributed by atoms with Crippen LogP contribution in [0.1, 0.15) is 36.1 Å². The smallest absolute Gasteiger partial charge is 0.319 e. The molecule has 0 aliphatic heterocycles. The molecule has 0 saturated carbocycles. The monoisotopic (exact) mass is 342 g/mol. The van der Waals surface area contributed by atoms with Gasteiger partial charge >= 0.3 is 6.03 Å². The molecule has 2 aromatic rings. The van der Waals surface area contributed by atoms with Gasteiger partial charge in [0.2, 0.25) is 0 Å². The molecule has 0 unspecified atom stereocenters. The molecule has 0 bridgehead atoms. The zero-order valence-electron chi connectivity index (χ0n) is 15.0. The van der Waals surface area contributed by atoms with E-state index in [1.807, 2.05) is 63.2 Å². The first-order valence-electron chi connectivity index (χ1n) is 8.44. The number of hydrogen-bond acceptors (Lipinski definition) is 3. The van der Waals surface area contributed by atoms with Crippen molar-refractivity contribution in [3.05, 3.63) is 64.7 Å². The molecule has 0 radical (unpaired) electrons. The SMILES string of the molecule is Cc1c(COC(C)C)cccc1NC(=O)NCc1ccccc1CO. The zero-order valence-corrected chi connectivity index (χ0v) is 15.0. The second-order valence-corrected chi connectivity index (χ2v) is 6.18. The van der Waals surface area contributed by atoms with Crippen molar-refractivity contribution in [2.75, 3.05) is 5.32 Å². The average molecular weight is 342 g/mol. The second kappa shape index (κ2) is 9.20. The summed E-state index contributed by atoms with van der Waals surface area (Å²) in [6, 6.07) is 13.0. The van der Waals surface area contributed by atoms with E-state index in [0.717, 1.165) is 27.9 Å². The molecule has 5 nitrogen and oxygen atoms in total. The summed E-state index contributed by atoms with van der Waals surface area (Å²) in [6.45, 7) is 6.79. The van der Waals surface area contributed by atoms with Crippen LogP contribution in [0.4, 0.5) is 10.5 Å². The van der Waals surface area contributed by atoms with Crippen molar-refractivity contribution >= 4 is 11.7 Å². The van der Waals surface area contributed by atoms with Gasteiger partial charge in [0, 0.05) is 12.2 Å². The number of urea groups is 1. The number of amides is 2. The topological polar surface area (TPSA) is 70.6 Å². The Balaban J connectivity index is 1.97. The highest BCUT2D eigenvalue weighted by molar-refractivity contribution is 5.90. The Morgan fingerprint density at radius 2 is 1.76 bits per heavy atom. The first-order valence-corrected chi connectivity index (χ1v) is 8.44. The molecule has 0 aliphatic rings. The van der Waals surface area contributed by atoms with Crippen LogP contribution in [0.3, 0.4) is 0 Å². The third kappa shape index (κ3) is 5.59. The van der Waals surface area contributed by atoms with Gasteiger partial charge in [0.25, 0.3) is 0 Å². The van der Waals surface area contributed by atoms with Crippen molar-refractivity contribution in [1.82, 2.24) is 5.32 Å². The summed E-state index contributed by atoms with van der Waals surface area (Å²) in [7, 11) is 0. The van der Waals surface area contributed by atoms with Crippen LogP contribution in [-0.2, 0) is 24.5 Å². The molecule has 134 valence electrons. The van der Waals surface area contributed by atoms with Crippen LogP contribution in [0.15, 0.2) is 42.5 Å². The van der Waals surface area contributed by atoms with Crippen molar-refractivity contribution in [2.24, 2.45) is 0 Å². The van der Waals surface area contributed by atoms with Crippen LogP contribution in [-0.4, -0.2) is 17.2 Å². The standard InChI is InChI=1S/C20H26N2O3/c1-14(2)25-13-18-9-6-10-19(15(18)3)22-20(24)21-11-16-7-4-5-8-17(16)12-23/h4-10,14,23H,11-13H2,1-3H3,(H2,21,22,24). The lowest BCUT2D eigenvalue weighted by Gasteiger charge is -2.15. The first kappa shape index (κ1) is 19.0. The molecule has 2 aromatic carbocycles. The average Bonchev–Trinajstić information content (AvgIpc) is 2.60. The number of nitrogens with one attached hydrogen (secondary N) is 2. The maximum absolute atomic E-state index is 12.2. The van der Waals surface area contributed by atoms with Gasteiger partial charge in [-0.3, -0.25) is 0 Å². The number of hydrogen-bond donors (Lipinski definition) is 3. The maximum Gasteiger partial charge on any atom is 0.319 e. The van der Waals surface area contributed by atoms with Gasteiger partial charge in [0.15, 0.2) is 0 Å². The number of rotatable bonds is 7. The highest BCUT2D eigenvalue weighted by Gasteiger charge is 2.09. The summed E-state index contributed by atoms with van der Waals surface area (Å²) in [5.74, 6) is 0. The summed E-state index contributed by atoms with van der Waals surface area (Å²) in [6.07, 6.45) is 0.158. The van der Waals surface area contributed by atoms with Crippen LogP contribution in [0.2, 0.25) is 0 Å². The second-order valence-electron chi connectivity index (χ2n) is 6.18. The van der Waals surface area contributed by atoms with E-state index in [0.29, 0.717) is 13.2 Å². The number of aliphatic hydroxyl groups excluding tert-OH is 1. The van der Waals surface area contributed by atoms with Crippen LogP contribution in [0, 0.1) is 6.92 Å². The van der Waals surface area contributed by atoms with Crippen molar-refractivity contribution in [3.63, 3.8) is 0 Å². The van der Waals surface area contributed by atoms with Gasteiger partial charge in [0.1, 0.15) is 0 Å². The Bertz CT molecular complexity index is 714. The molecule has 0 atom stereocenters. The van der Waals surface area contributed by atoms with Gasteiger partial charge in [-0.05, 0) is 49.1 Å². The van der Waals surface area contributed by atoms with E-state index in [4.69, 9.17) is 4.74 Å². The lowest BCUT2D eigenvalue weighted by Crippen LogP contribution is -2.29. The molecule has 25 heavy (non-hydrogen) atoms. The quantitative estimate of drug-likeness (QED) is 0.718. The fourth-order valence-electron chi connectivity index (χ4n) is 2.46. The number of carbonyl (C=O) groups excluding carboxylic acids is 1. The van der Waals surface area contributed by atoms with Crippen LogP contribution in [0.5, 0.6) is 0 Å². The van der Waals surface area contributed by atoms with Gasteiger partial charge in [-0.2, -0.15) is 0 Å². The molecule has 3 N–H and O–H groups in total. The Morgan fingerprint density at radius 1 is 1.08 bits per heavy atom. The van der Waals surface area contributed by atoms with Gasteiger partial charge in [-0.25, -0.2) is 4.79 Å². The number of benzene rings is 2. The number of ether oxygens (including phenoxy) is 1. The largest absolute Gasteiger partial charge is 0.392 e. The normalized spacial score (nSPS) is 10.8. The first-order chi connectivity index (χ1) is 12.0. The van der Waals surface area contributed by atoms with E-state index in [2.05, 4.69) is 10.6 Å². The van der Waals surface area contributed by atoms with E-state index >= 15 is 0 Å². The molecule has 2 amide bonds. The molecule has 0 aromatic heterocycles. The predicted molar refractivity (Wildman–Crippen MR) is 99.3 cm³/mol. The minimum absolute atomic E-state index is 0.0452. The van der Waals surface area contributed by atoms with Gasteiger partial charge in [-0.1, -0.05) is 36.4 Å². The maximum atomic E-state index is 12.2. The van der Waals surface area contributed by atoms with Crippen molar-refractivity contribution in [1.29, 1.82) is 0 Å². The van der Waals surface area contributed by atoms with Crippen molar-refractivity contribution < 1.29 is 14.6 Å². The minimum atomic E-state index is -0.280. The molecule has 0 spiro atoms. The van der Waals surface area contributed by atoms with Crippen LogP contribution in [0.25, 0.3) is 0 Å². The lowest BCUT2D eigenvalue weighted by atomic mass is 10.1. The van der Waals surface area contributed by atoms with Crippen LogP contribution < -0.4 is 10.6 Å². The molecule has 0 aliphatic carbocycles. The van der Waals surface area contributed by atoms with E-state index < -0.39 is 0 Å². The van der Waals surface area contributed by atoms with Gasteiger partial charge < -0.3 is 20.5 Å². The fourth-order valence-corrected chi connectivity index (χ4v) is 2.46. The molecular formula is C20H26N2O3. The molecule has 2 rings (SSSR count). The summed E-state index contributed by atoms with van der Waals surface area (Å²) >= 11 is 0. The predicted octanol–water partition coefficient (Wildman–Crippen LogP) is 3.73. The van der Waals surface area contributed by atoms with E-state index in [1.165, 1.54) is 0 Å². The van der Waals surface area contributed by atoms with E-state index in [-0.39, 0.29) is 18.7 Å². The van der Waals surface area contributed by atoms with E-state index in [9.17, 15) is 9.90 Å². The van der Waals surface area contributed by atoms with E-state index in [1.54, 1.807) is 0 Å². The molecule has 5 heteroatoms. The Morgan fingerprint density at radius 3 is 2.44 bits per heavy atom. The summed E-state index contributed by atoms with van der Waals surface area (Å²) < 4.78 is 5.65. The zero-order chi connectivity index (χ0) is 18.2. The fraction of sp³-hybridized carbons (Fsp3) is 0.350. The molecular weight excluding hydrogens is 316 g/mol. The third-order valence-corrected chi connectivity index (χ3v) is 3.99. The highest BCUT2D eigenvalue weighted by Crippen LogP contribution is 2.20. The third-order valence-electron chi connectivity index (χ3n) is 3.99. The van der Waals surface area contributed by atoms with Crippen molar-refractivity contribution in [2.45, 2.75) is 46.6 Å². The Labute approximate surface area is 149 Å². The Kier molecular flexibility index (Phi) is 6.98. The highest BCUT2D eigenvalue weighted by atomic mass is 16.5. The molecule has 0 fully saturated rings. The van der Waals surface area contributed by atoms with Crippen molar-refractivity contribution in [3.8, 4) is 0 Å². The summed E-state index contributed by atoms with van der Waals surface area (Å²) in [5, 5.41) is 15.0. The Hall–Kier alpha value is -2.37. The molecule has 0 saturated heterocycles. The lowest BCUT2D eigenvalue weighted by molar-refractivity contribution is 0.0654. The number of carbonyl (C=O) groups is 1. The number of anilines is 1. The number of aliphatic hydroxyl groups is 1. The minimum Gasteiger partial charge on any atom is -0.392 e. The van der Waals surface area contributed by atoms with Crippen LogP contribution >= 0.6 is 0 Å². The summed E-state index contributed by atoms with van der Waals surface area (Å²) in [5.41, 5.74) is 4.52. The summed E-state index contributed by atoms with van der Waals surface area (Å²) in [4.78, 5) is 12.2. The molecule has 0 heterocycles.